The molecule has 4 heteroatoms. The molecule has 4 aromatic rings. The van der Waals surface area contributed by atoms with Gasteiger partial charge < -0.3 is 0 Å². The summed E-state index contributed by atoms with van der Waals surface area (Å²) in [5.41, 5.74) is 11.6. The molecule has 4 rings (SSSR count). The van der Waals surface area contributed by atoms with Gasteiger partial charge in [0.25, 0.3) is 0 Å². The van der Waals surface area contributed by atoms with E-state index in [2.05, 4.69) is 96.3 Å². The van der Waals surface area contributed by atoms with Gasteiger partial charge in [-0.2, -0.15) is 0 Å². The summed E-state index contributed by atoms with van der Waals surface area (Å²) >= 11 is 1.76. The predicted octanol–water partition coefficient (Wildman–Crippen LogP) is 8.90. The van der Waals surface area contributed by atoms with Crippen LogP contribution in [0.2, 0.25) is 16.6 Å². The molecule has 2 aromatic heterocycles. The SMILES string of the molecule is Cc1ccc(-c2ccc(-c3nc4ccccc4nc3C#C[Si](C(C)C)(C(C)C)C(C)C)s2)cc1. The molecule has 0 unspecified atom stereocenters. The smallest absolute Gasteiger partial charge is 0.146 e. The van der Waals surface area contributed by atoms with Crippen LogP contribution in [0.25, 0.3) is 32.0 Å². The van der Waals surface area contributed by atoms with Crippen molar-refractivity contribution >= 4 is 30.4 Å². The second kappa shape index (κ2) is 9.86. The van der Waals surface area contributed by atoms with Gasteiger partial charge in [-0.25, -0.2) is 9.97 Å². The van der Waals surface area contributed by atoms with E-state index in [-0.39, 0.29) is 0 Å². The van der Waals surface area contributed by atoms with Crippen LogP contribution in [0.3, 0.4) is 0 Å². The molecule has 2 heterocycles. The Morgan fingerprint density at radius 1 is 0.706 bits per heavy atom. The summed E-state index contributed by atoms with van der Waals surface area (Å²) in [6, 6.07) is 21.2. The molecule has 2 aromatic carbocycles. The molecule has 0 radical (unpaired) electrons. The maximum absolute atomic E-state index is 5.06. The first-order valence-corrected chi connectivity index (χ1v) is 15.2. The molecule has 0 aliphatic heterocycles. The van der Waals surface area contributed by atoms with Crippen LogP contribution in [0.4, 0.5) is 0 Å². The average Bonchev–Trinajstić information content (AvgIpc) is 3.29. The van der Waals surface area contributed by atoms with Crippen molar-refractivity contribution in [2.45, 2.75) is 65.1 Å². The molecule has 2 nitrogen and oxygen atoms in total. The highest BCUT2D eigenvalue weighted by Crippen LogP contribution is 2.41. The van der Waals surface area contributed by atoms with E-state index in [1.165, 1.54) is 16.0 Å². The van der Waals surface area contributed by atoms with Gasteiger partial charge in [-0.1, -0.05) is 89.4 Å². The van der Waals surface area contributed by atoms with Crippen LogP contribution in [0.5, 0.6) is 0 Å². The number of thiophene rings is 1. The molecule has 174 valence electrons. The number of rotatable bonds is 5. The molecule has 0 spiro atoms. The van der Waals surface area contributed by atoms with E-state index in [9.17, 15) is 0 Å². The number of nitrogens with zero attached hydrogens (tertiary/aromatic N) is 2. The summed E-state index contributed by atoms with van der Waals surface area (Å²) in [4.78, 5) is 12.4. The van der Waals surface area contributed by atoms with Gasteiger partial charge >= 0.3 is 0 Å². The first-order valence-electron chi connectivity index (χ1n) is 12.2. The zero-order valence-corrected chi connectivity index (χ0v) is 23.1. The molecule has 0 fully saturated rings. The molecule has 0 aliphatic rings. The monoisotopic (exact) mass is 482 g/mol. The van der Waals surface area contributed by atoms with Crippen LogP contribution in [0, 0.1) is 18.4 Å². The fourth-order valence-electron chi connectivity index (χ4n) is 5.20. The molecular formula is C30H34N2SSi. The number of hydrogen-bond donors (Lipinski definition) is 0. The number of benzene rings is 2. The van der Waals surface area contributed by atoms with Crippen LogP contribution in [-0.2, 0) is 0 Å². The van der Waals surface area contributed by atoms with Crippen molar-refractivity contribution in [2.75, 3.05) is 0 Å². The summed E-state index contributed by atoms with van der Waals surface area (Å²) in [7, 11) is -1.88. The van der Waals surface area contributed by atoms with Crippen molar-refractivity contribution in [1.29, 1.82) is 0 Å². The predicted molar refractivity (Wildman–Crippen MR) is 151 cm³/mol. The fourth-order valence-corrected chi connectivity index (χ4v) is 11.4. The van der Waals surface area contributed by atoms with E-state index in [1.54, 1.807) is 11.3 Å². The average molecular weight is 483 g/mol. The Morgan fingerprint density at radius 3 is 1.85 bits per heavy atom. The summed E-state index contributed by atoms with van der Waals surface area (Å²) in [5.74, 6) is 3.59. The quantitative estimate of drug-likeness (QED) is 0.210. The highest BCUT2D eigenvalue weighted by atomic mass is 32.1. The van der Waals surface area contributed by atoms with Crippen LogP contribution in [0.1, 0.15) is 52.8 Å². The van der Waals surface area contributed by atoms with E-state index in [0.717, 1.165) is 27.3 Å². The van der Waals surface area contributed by atoms with Crippen molar-refractivity contribution in [3.63, 3.8) is 0 Å². The topological polar surface area (TPSA) is 25.8 Å². The summed E-state index contributed by atoms with van der Waals surface area (Å²) in [6.07, 6.45) is 0. The van der Waals surface area contributed by atoms with Gasteiger partial charge in [0, 0.05) is 4.88 Å². The van der Waals surface area contributed by atoms with E-state index in [4.69, 9.17) is 9.97 Å². The van der Waals surface area contributed by atoms with Gasteiger partial charge in [0.1, 0.15) is 19.5 Å². The highest BCUT2D eigenvalue weighted by Gasteiger charge is 2.41. The number of aryl methyl sites for hydroxylation is 1. The summed E-state index contributed by atoms with van der Waals surface area (Å²) in [6.45, 7) is 16.2. The highest BCUT2D eigenvalue weighted by molar-refractivity contribution is 7.18. The fraction of sp³-hybridized carbons (Fsp3) is 0.333. The summed E-state index contributed by atoms with van der Waals surface area (Å²) in [5, 5.41) is 0. The van der Waals surface area contributed by atoms with Crippen molar-refractivity contribution in [3.8, 4) is 32.5 Å². The zero-order valence-electron chi connectivity index (χ0n) is 21.3. The van der Waals surface area contributed by atoms with Crippen molar-refractivity contribution in [1.82, 2.24) is 9.97 Å². The third kappa shape index (κ3) is 4.60. The van der Waals surface area contributed by atoms with Crippen LogP contribution in [0.15, 0.2) is 60.7 Å². The molecule has 0 saturated carbocycles. The Balaban J connectivity index is 1.88. The molecule has 0 atom stereocenters. The Labute approximate surface area is 209 Å². The minimum Gasteiger partial charge on any atom is -0.242 e. The zero-order chi connectivity index (χ0) is 24.5. The van der Waals surface area contributed by atoms with Gasteiger partial charge in [0.15, 0.2) is 0 Å². The largest absolute Gasteiger partial charge is 0.242 e. The van der Waals surface area contributed by atoms with Gasteiger partial charge in [-0.05, 0) is 53.4 Å². The van der Waals surface area contributed by atoms with E-state index in [1.807, 2.05) is 24.3 Å². The van der Waals surface area contributed by atoms with E-state index >= 15 is 0 Å². The molecule has 0 amide bonds. The Bertz CT molecular complexity index is 1330. The number of fused-ring (bicyclic) bond motifs is 1. The molecule has 0 aliphatic carbocycles. The molecular weight excluding hydrogens is 448 g/mol. The lowest BCUT2D eigenvalue weighted by Crippen LogP contribution is -2.43. The standard InChI is InChI=1S/C30H34N2SSi/c1-20(2)34(21(3)4,22(5)6)19-18-27-30(32-26-11-9-8-10-25(26)31-27)29-17-16-28(33-29)24-14-12-23(7)13-15-24/h8-17,20-22H,1-7H3. The minimum atomic E-state index is -1.88. The molecule has 0 N–H and O–H groups in total. The van der Waals surface area contributed by atoms with Crippen LogP contribution >= 0.6 is 11.3 Å². The number of aromatic nitrogens is 2. The molecule has 0 bridgehead atoms. The normalized spacial score (nSPS) is 11.9. The maximum Gasteiger partial charge on any atom is 0.146 e. The number of hydrogen-bond acceptors (Lipinski definition) is 3. The van der Waals surface area contributed by atoms with Gasteiger partial charge in [-0.3, -0.25) is 0 Å². The Morgan fingerprint density at radius 2 is 1.26 bits per heavy atom. The lowest BCUT2D eigenvalue weighted by Gasteiger charge is -2.38. The van der Waals surface area contributed by atoms with Crippen molar-refractivity contribution in [2.24, 2.45) is 0 Å². The third-order valence-electron chi connectivity index (χ3n) is 7.01. The van der Waals surface area contributed by atoms with Crippen LogP contribution < -0.4 is 0 Å². The Hall–Kier alpha value is -2.74. The minimum absolute atomic E-state index is 0.576. The van der Waals surface area contributed by atoms with Gasteiger partial charge in [0.2, 0.25) is 0 Å². The van der Waals surface area contributed by atoms with E-state index < -0.39 is 8.07 Å². The second-order valence-electron chi connectivity index (χ2n) is 10.1. The third-order valence-corrected chi connectivity index (χ3v) is 14.4. The molecule has 34 heavy (non-hydrogen) atoms. The van der Waals surface area contributed by atoms with Crippen LogP contribution in [-0.4, -0.2) is 18.0 Å². The van der Waals surface area contributed by atoms with Gasteiger partial charge in [-0.15, -0.1) is 16.9 Å². The maximum atomic E-state index is 5.06. The number of para-hydroxylation sites is 2. The first kappa shape index (κ1) is 24.4. The molecule has 0 saturated heterocycles. The van der Waals surface area contributed by atoms with E-state index in [0.29, 0.717) is 16.6 Å². The first-order chi connectivity index (χ1) is 16.2. The van der Waals surface area contributed by atoms with Crippen molar-refractivity contribution < 1.29 is 0 Å². The van der Waals surface area contributed by atoms with Gasteiger partial charge in [0.05, 0.1) is 15.9 Å². The second-order valence-corrected chi connectivity index (χ2v) is 16.8. The summed E-state index contributed by atoms with van der Waals surface area (Å²) < 4.78 is 0. The van der Waals surface area contributed by atoms with Crippen molar-refractivity contribution in [3.05, 3.63) is 71.9 Å². The lowest BCUT2D eigenvalue weighted by atomic mass is 10.1. The lowest BCUT2D eigenvalue weighted by molar-refractivity contribution is 0.838. The Kier molecular flexibility index (Phi) is 7.07.